The Labute approximate surface area is 99.5 Å². The molecule has 78 valence electrons. The number of hydrogen-bond donors (Lipinski definition) is 0. The van der Waals surface area contributed by atoms with E-state index in [2.05, 4.69) is 20.9 Å². The monoisotopic (exact) mass is 284 g/mol. The zero-order valence-electron chi connectivity index (χ0n) is 8.11. The van der Waals surface area contributed by atoms with Crippen LogP contribution in [0.4, 0.5) is 0 Å². The summed E-state index contributed by atoms with van der Waals surface area (Å²) in [5, 5.41) is 2.00. The van der Waals surface area contributed by atoms with E-state index >= 15 is 0 Å². The summed E-state index contributed by atoms with van der Waals surface area (Å²) in [4.78, 5) is 17.1. The molecule has 2 rings (SSSR count). The summed E-state index contributed by atoms with van der Waals surface area (Å²) in [5.41, 5.74) is -0.0316. The van der Waals surface area contributed by atoms with Gasteiger partial charge >= 0.3 is 0 Å². The lowest BCUT2D eigenvalue weighted by atomic mass is 10.4. The number of aromatic nitrogens is 2. The van der Waals surface area contributed by atoms with Gasteiger partial charge < -0.3 is 0 Å². The minimum absolute atomic E-state index is 0.0316. The summed E-state index contributed by atoms with van der Waals surface area (Å²) in [6.45, 7) is 2.43. The predicted molar refractivity (Wildman–Crippen MR) is 64.4 cm³/mol. The highest BCUT2D eigenvalue weighted by Gasteiger charge is 2.06. The molecule has 2 aromatic rings. The molecule has 0 saturated heterocycles. The van der Waals surface area contributed by atoms with Gasteiger partial charge in [-0.2, -0.15) is 0 Å². The highest BCUT2D eigenvalue weighted by molar-refractivity contribution is 9.10. The van der Waals surface area contributed by atoms with Crippen LogP contribution in [0.15, 0.2) is 33.0 Å². The highest BCUT2D eigenvalue weighted by Crippen LogP contribution is 2.11. The first-order chi connectivity index (χ1) is 7.18. The van der Waals surface area contributed by atoms with Gasteiger partial charge in [-0.25, -0.2) is 4.98 Å². The lowest BCUT2D eigenvalue weighted by Gasteiger charge is -2.07. The van der Waals surface area contributed by atoms with Crippen LogP contribution >= 0.6 is 27.3 Å². The van der Waals surface area contributed by atoms with Crippen molar-refractivity contribution < 1.29 is 0 Å². The largest absolute Gasteiger partial charge is 0.291 e. The van der Waals surface area contributed by atoms with E-state index in [1.165, 1.54) is 0 Å². The third kappa shape index (κ3) is 2.18. The standard InChI is InChI=1S/C10H9BrN2OS/c1-7-12-5-9(11)10(14)13(7)6-8-3-2-4-15-8/h2-5H,6H2,1H3. The maximum Gasteiger partial charge on any atom is 0.268 e. The Bertz CT molecular complexity index is 519. The number of thiophene rings is 1. The maximum absolute atomic E-state index is 11.8. The third-order valence-electron chi connectivity index (χ3n) is 2.10. The molecular weight excluding hydrogens is 276 g/mol. The summed E-state index contributed by atoms with van der Waals surface area (Å²) in [6, 6.07) is 3.99. The quantitative estimate of drug-likeness (QED) is 0.849. The van der Waals surface area contributed by atoms with Crippen molar-refractivity contribution in [3.8, 4) is 0 Å². The number of halogens is 1. The molecular formula is C10H9BrN2OS. The normalized spacial score (nSPS) is 10.5. The minimum Gasteiger partial charge on any atom is -0.291 e. The van der Waals surface area contributed by atoms with Crippen molar-refractivity contribution in [3.05, 3.63) is 49.2 Å². The van der Waals surface area contributed by atoms with Crippen molar-refractivity contribution >= 4 is 27.3 Å². The fraction of sp³-hybridized carbons (Fsp3) is 0.200. The van der Waals surface area contributed by atoms with Gasteiger partial charge in [-0.05, 0) is 34.3 Å². The number of rotatable bonds is 2. The maximum atomic E-state index is 11.8. The van der Waals surface area contributed by atoms with Crippen LogP contribution in [0.5, 0.6) is 0 Å². The molecule has 0 amide bonds. The van der Waals surface area contributed by atoms with E-state index in [9.17, 15) is 4.79 Å². The zero-order valence-corrected chi connectivity index (χ0v) is 10.5. The molecule has 0 N–H and O–H groups in total. The average Bonchev–Trinajstić information content (AvgIpc) is 2.71. The highest BCUT2D eigenvalue weighted by atomic mass is 79.9. The molecule has 3 nitrogen and oxygen atoms in total. The fourth-order valence-electron chi connectivity index (χ4n) is 1.30. The van der Waals surface area contributed by atoms with Crippen LogP contribution in [0.1, 0.15) is 10.7 Å². The molecule has 0 spiro atoms. The third-order valence-corrected chi connectivity index (χ3v) is 3.50. The molecule has 0 saturated carbocycles. The van der Waals surface area contributed by atoms with E-state index in [1.54, 1.807) is 22.1 Å². The Morgan fingerprint density at radius 1 is 1.60 bits per heavy atom. The molecule has 0 aliphatic carbocycles. The van der Waals surface area contributed by atoms with Gasteiger partial charge in [0.05, 0.1) is 6.54 Å². The summed E-state index contributed by atoms with van der Waals surface area (Å²) in [5.74, 6) is 0.733. The number of aryl methyl sites for hydroxylation is 1. The topological polar surface area (TPSA) is 34.9 Å². The molecule has 0 aromatic carbocycles. The van der Waals surface area contributed by atoms with Gasteiger partial charge in [0.1, 0.15) is 10.3 Å². The van der Waals surface area contributed by atoms with Gasteiger partial charge in [-0.1, -0.05) is 6.07 Å². The van der Waals surface area contributed by atoms with Crippen LogP contribution in [0.25, 0.3) is 0 Å². The van der Waals surface area contributed by atoms with Crippen molar-refractivity contribution in [2.24, 2.45) is 0 Å². The van der Waals surface area contributed by atoms with Gasteiger partial charge in [0, 0.05) is 11.1 Å². The van der Waals surface area contributed by atoms with Crippen LogP contribution in [-0.4, -0.2) is 9.55 Å². The molecule has 0 atom stereocenters. The number of nitrogens with zero attached hydrogens (tertiary/aromatic N) is 2. The summed E-state index contributed by atoms with van der Waals surface area (Å²) < 4.78 is 2.17. The summed E-state index contributed by atoms with van der Waals surface area (Å²) >= 11 is 4.83. The van der Waals surface area contributed by atoms with Crippen molar-refractivity contribution in [2.75, 3.05) is 0 Å². The molecule has 5 heteroatoms. The van der Waals surface area contributed by atoms with Gasteiger partial charge in [-0.15, -0.1) is 11.3 Å². The predicted octanol–water partition coefficient (Wildman–Crippen LogP) is 2.42. The van der Waals surface area contributed by atoms with E-state index in [0.29, 0.717) is 11.0 Å². The van der Waals surface area contributed by atoms with Crippen LogP contribution in [0.3, 0.4) is 0 Å². The van der Waals surface area contributed by atoms with Gasteiger partial charge in [0.25, 0.3) is 5.56 Å². The Hall–Kier alpha value is -0.940. The Morgan fingerprint density at radius 3 is 3.07 bits per heavy atom. The molecule has 0 unspecified atom stereocenters. The second-order valence-electron chi connectivity index (χ2n) is 3.12. The first-order valence-electron chi connectivity index (χ1n) is 4.43. The van der Waals surface area contributed by atoms with Gasteiger partial charge in [0.15, 0.2) is 0 Å². The molecule has 2 heterocycles. The van der Waals surface area contributed by atoms with Crippen molar-refractivity contribution in [1.82, 2.24) is 9.55 Å². The van der Waals surface area contributed by atoms with Crippen LogP contribution in [0, 0.1) is 6.92 Å². The van der Waals surface area contributed by atoms with Crippen molar-refractivity contribution in [1.29, 1.82) is 0 Å². The lowest BCUT2D eigenvalue weighted by Crippen LogP contribution is -2.24. The SMILES string of the molecule is Cc1ncc(Br)c(=O)n1Cc1cccs1. The van der Waals surface area contributed by atoms with E-state index in [1.807, 2.05) is 24.4 Å². The second kappa shape index (κ2) is 4.28. The Morgan fingerprint density at radius 2 is 2.40 bits per heavy atom. The fourth-order valence-corrected chi connectivity index (χ4v) is 2.30. The summed E-state index contributed by atoms with van der Waals surface area (Å²) in [6.07, 6.45) is 1.54. The first-order valence-corrected chi connectivity index (χ1v) is 6.10. The zero-order chi connectivity index (χ0) is 10.8. The van der Waals surface area contributed by atoms with Gasteiger partial charge in [-0.3, -0.25) is 9.36 Å². The smallest absolute Gasteiger partial charge is 0.268 e. The van der Waals surface area contributed by atoms with E-state index in [-0.39, 0.29) is 5.56 Å². The average molecular weight is 285 g/mol. The van der Waals surface area contributed by atoms with Crippen LogP contribution in [0.2, 0.25) is 0 Å². The molecule has 0 fully saturated rings. The molecule has 2 aromatic heterocycles. The summed E-state index contributed by atoms with van der Waals surface area (Å²) in [7, 11) is 0. The van der Waals surface area contributed by atoms with E-state index in [4.69, 9.17) is 0 Å². The van der Waals surface area contributed by atoms with Crippen molar-refractivity contribution in [3.63, 3.8) is 0 Å². The molecule has 0 aliphatic rings. The minimum atomic E-state index is -0.0316. The van der Waals surface area contributed by atoms with E-state index in [0.717, 1.165) is 10.7 Å². The molecule has 15 heavy (non-hydrogen) atoms. The van der Waals surface area contributed by atoms with E-state index < -0.39 is 0 Å². The Balaban J connectivity index is 2.44. The van der Waals surface area contributed by atoms with Crippen molar-refractivity contribution in [2.45, 2.75) is 13.5 Å². The first kappa shape index (κ1) is 10.6. The lowest BCUT2D eigenvalue weighted by molar-refractivity contribution is 0.703. The number of hydrogen-bond acceptors (Lipinski definition) is 3. The molecule has 0 aliphatic heterocycles. The van der Waals surface area contributed by atoms with Gasteiger partial charge in [0.2, 0.25) is 0 Å². The molecule has 0 bridgehead atoms. The van der Waals surface area contributed by atoms with Crippen LogP contribution < -0.4 is 5.56 Å². The molecule has 0 radical (unpaired) electrons. The van der Waals surface area contributed by atoms with Crippen LogP contribution in [-0.2, 0) is 6.54 Å². The second-order valence-corrected chi connectivity index (χ2v) is 5.01. The Kier molecular flexibility index (Phi) is 3.02.